The summed E-state index contributed by atoms with van der Waals surface area (Å²) in [6, 6.07) is 9.18. The fourth-order valence-corrected chi connectivity index (χ4v) is 5.46. The van der Waals surface area contributed by atoms with E-state index in [-0.39, 0.29) is 11.8 Å². The number of allylic oxidation sites excluding steroid dienone is 9. The first-order valence-electron chi connectivity index (χ1n) is 12.0. The summed E-state index contributed by atoms with van der Waals surface area (Å²) in [6.45, 7) is 7.05. The second kappa shape index (κ2) is 8.90. The smallest absolute Gasteiger partial charge is 0.250 e. The normalized spacial score (nSPS) is 23.2. The molecule has 5 rings (SSSR count). The molecule has 1 atom stereocenters. The number of aliphatic imine (C=N–C) groups is 1. The van der Waals surface area contributed by atoms with Crippen molar-refractivity contribution >= 4 is 17.8 Å². The Hall–Kier alpha value is -2.94. The molecule has 0 saturated carbocycles. The van der Waals surface area contributed by atoms with Crippen molar-refractivity contribution in [3.63, 3.8) is 0 Å². The first kappa shape index (κ1) is 20.9. The van der Waals surface area contributed by atoms with E-state index in [4.69, 9.17) is 0 Å². The Morgan fingerprint density at radius 2 is 1.78 bits per heavy atom. The van der Waals surface area contributed by atoms with Crippen LogP contribution in [0.4, 0.5) is 5.69 Å². The number of hydrogen-bond donors (Lipinski definition) is 0. The summed E-state index contributed by atoms with van der Waals surface area (Å²) >= 11 is 0. The summed E-state index contributed by atoms with van der Waals surface area (Å²) in [5.41, 5.74) is 7.75. The van der Waals surface area contributed by atoms with Crippen molar-refractivity contribution in [2.75, 3.05) is 18.0 Å². The molecule has 32 heavy (non-hydrogen) atoms. The van der Waals surface area contributed by atoms with Gasteiger partial charge in [-0.05, 0) is 77.2 Å². The maximum atomic E-state index is 11.8. The molecular weight excluding hydrogens is 392 g/mol. The molecule has 3 nitrogen and oxygen atoms in total. The molecule has 1 fully saturated rings. The number of fused-ring (bicyclic) bond motifs is 1. The second-order valence-electron chi connectivity index (χ2n) is 9.75. The lowest BCUT2D eigenvalue weighted by Gasteiger charge is -2.35. The number of carbonyl (C=O) groups excluding carboxylic acids is 1. The molecule has 1 aromatic rings. The van der Waals surface area contributed by atoms with E-state index < -0.39 is 0 Å². The third-order valence-corrected chi connectivity index (χ3v) is 7.47. The molecule has 2 aliphatic heterocycles. The highest BCUT2D eigenvalue weighted by molar-refractivity contribution is 5.95. The highest BCUT2D eigenvalue weighted by Crippen LogP contribution is 2.41. The maximum absolute atomic E-state index is 11.8. The van der Waals surface area contributed by atoms with Crippen LogP contribution in [0, 0.1) is 17.8 Å². The average molecular weight is 425 g/mol. The topological polar surface area (TPSA) is 32.7 Å². The van der Waals surface area contributed by atoms with Crippen molar-refractivity contribution in [1.29, 1.82) is 0 Å². The summed E-state index contributed by atoms with van der Waals surface area (Å²) in [4.78, 5) is 18.2. The number of carbonyl (C=O) groups is 1. The molecular formula is C29H32N2O. The third-order valence-electron chi connectivity index (χ3n) is 7.47. The lowest BCUT2D eigenvalue weighted by molar-refractivity contribution is -0.117. The molecule has 1 unspecified atom stereocenters. The van der Waals surface area contributed by atoms with Gasteiger partial charge in [-0.2, -0.15) is 0 Å². The van der Waals surface area contributed by atoms with E-state index in [1.165, 1.54) is 53.9 Å². The lowest BCUT2D eigenvalue weighted by Crippen LogP contribution is -2.35. The van der Waals surface area contributed by atoms with E-state index in [1.807, 2.05) is 6.08 Å². The maximum Gasteiger partial charge on any atom is 0.250 e. The molecule has 0 bridgehead atoms. The summed E-state index contributed by atoms with van der Waals surface area (Å²) in [5.74, 6) is 1.86. The molecule has 2 heterocycles. The molecule has 0 aromatic heterocycles. The number of dihydropyridines is 1. The van der Waals surface area contributed by atoms with E-state index in [0.29, 0.717) is 6.42 Å². The highest BCUT2D eigenvalue weighted by Gasteiger charge is 2.28. The van der Waals surface area contributed by atoms with E-state index >= 15 is 0 Å². The van der Waals surface area contributed by atoms with Crippen LogP contribution < -0.4 is 4.90 Å². The Balaban J connectivity index is 1.29. The van der Waals surface area contributed by atoms with Gasteiger partial charge in [-0.25, -0.2) is 4.99 Å². The third kappa shape index (κ3) is 4.21. The zero-order valence-electron chi connectivity index (χ0n) is 19.1. The van der Waals surface area contributed by atoms with E-state index in [9.17, 15) is 4.79 Å². The van der Waals surface area contributed by atoms with Crippen LogP contribution in [0.15, 0.2) is 88.0 Å². The Bertz CT molecular complexity index is 1070. The van der Waals surface area contributed by atoms with Gasteiger partial charge in [0.25, 0.3) is 0 Å². The van der Waals surface area contributed by atoms with E-state index in [0.717, 1.165) is 23.8 Å². The van der Waals surface area contributed by atoms with Gasteiger partial charge in [0.1, 0.15) is 0 Å². The van der Waals surface area contributed by atoms with Gasteiger partial charge in [-0.15, -0.1) is 0 Å². The minimum atomic E-state index is -0.0563. The van der Waals surface area contributed by atoms with Crippen LogP contribution in [0.1, 0.15) is 38.7 Å². The van der Waals surface area contributed by atoms with Gasteiger partial charge < -0.3 is 4.90 Å². The fourth-order valence-electron chi connectivity index (χ4n) is 5.46. The molecule has 164 valence electrons. The Morgan fingerprint density at radius 1 is 1.00 bits per heavy atom. The number of rotatable bonds is 5. The van der Waals surface area contributed by atoms with Crippen LogP contribution in [0.25, 0.3) is 0 Å². The standard InChI is InChI=1S/C29H32N2O/c1-20(2)22-13-16-31(17-14-22)25-9-6-21(7-10-25)18-23-8-11-27(28-5-3-4-26(23)28)24-12-15-30-29(32)19-24/h3-12,15,20,22,28H,13-14,16-19H2,1-2H3. The van der Waals surface area contributed by atoms with E-state index in [1.54, 1.807) is 6.21 Å². The SMILES string of the molecule is CC(C)C1CCN(c2ccc(CC3=CC=C(C4=CC=NC(=O)C4)C4C=CC=C34)cc2)CC1. The number of hydrogen-bond acceptors (Lipinski definition) is 2. The van der Waals surface area contributed by atoms with Crippen LogP contribution in [0.5, 0.6) is 0 Å². The van der Waals surface area contributed by atoms with Crippen LogP contribution in [0.3, 0.4) is 0 Å². The zero-order chi connectivity index (χ0) is 22.1. The van der Waals surface area contributed by atoms with Gasteiger partial charge in [-0.3, -0.25) is 4.79 Å². The molecule has 1 aromatic carbocycles. The largest absolute Gasteiger partial charge is 0.372 e. The molecule has 1 amide bonds. The van der Waals surface area contributed by atoms with Gasteiger partial charge in [0, 0.05) is 30.9 Å². The Labute approximate surface area is 191 Å². The van der Waals surface area contributed by atoms with Crippen molar-refractivity contribution in [1.82, 2.24) is 0 Å². The Morgan fingerprint density at radius 3 is 2.50 bits per heavy atom. The molecule has 0 N–H and O–H groups in total. The predicted molar refractivity (Wildman–Crippen MR) is 133 cm³/mol. The number of piperidine rings is 1. The van der Waals surface area contributed by atoms with Crippen LogP contribution in [-0.2, 0) is 11.2 Å². The predicted octanol–water partition coefficient (Wildman–Crippen LogP) is 6.01. The van der Waals surface area contributed by atoms with Gasteiger partial charge in [0.2, 0.25) is 5.91 Å². The van der Waals surface area contributed by atoms with Gasteiger partial charge in [0.05, 0.1) is 6.42 Å². The van der Waals surface area contributed by atoms with Crippen molar-refractivity contribution in [3.05, 3.63) is 88.6 Å². The second-order valence-corrected chi connectivity index (χ2v) is 9.75. The molecule has 4 aliphatic rings. The van der Waals surface area contributed by atoms with Gasteiger partial charge >= 0.3 is 0 Å². The number of benzene rings is 1. The van der Waals surface area contributed by atoms with Gasteiger partial charge in [0.15, 0.2) is 0 Å². The quantitative estimate of drug-likeness (QED) is 0.580. The monoisotopic (exact) mass is 424 g/mol. The first-order chi connectivity index (χ1) is 15.6. The van der Waals surface area contributed by atoms with Crippen molar-refractivity contribution in [3.8, 4) is 0 Å². The zero-order valence-corrected chi connectivity index (χ0v) is 19.1. The molecule has 2 aliphatic carbocycles. The van der Waals surface area contributed by atoms with Gasteiger partial charge in [-0.1, -0.05) is 56.4 Å². The minimum Gasteiger partial charge on any atom is -0.372 e. The van der Waals surface area contributed by atoms with E-state index in [2.05, 4.69) is 78.4 Å². The van der Waals surface area contributed by atoms with Crippen LogP contribution in [0.2, 0.25) is 0 Å². The molecule has 3 heteroatoms. The first-order valence-corrected chi connectivity index (χ1v) is 12.0. The van der Waals surface area contributed by atoms with Crippen molar-refractivity contribution in [2.24, 2.45) is 22.7 Å². The number of amides is 1. The van der Waals surface area contributed by atoms with Crippen molar-refractivity contribution in [2.45, 2.75) is 39.5 Å². The minimum absolute atomic E-state index is 0.0563. The summed E-state index contributed by atoms with van der Waals surface area (Å²) in [6.07, 6.45) is 18.6. The number of anilines is 1. The fraction of sp³-hybridized carbons (Fsp3) is 0.379. The number of nitrogens with zero attached hydrogens (tertiary/aromatic N) is 2. The lowest BCUT2D eigenvalue weighted by atomic mass is 9.78. The average Bonchev–Trinajstić information content (AvgIpc) is 3.30. The van der Waals surface area contributed by atoms with Crippen molar-refractivity contribution < 1.29 is 4.79 Å². The molecule has 0 radical (unpaired) electrons. The molecule has 1 saturated heterocycles. The summed E-state index contributed by atoms with van der Waals surface area (Å²) in [7, 11) is 0. The molecule has 0 spiro atoms. The highest BCUT2D eigenvalue weighted by atomic mass is 16.1. The summed E-state index contributed by atoms with van der Waals surface area (Å²) < 4.78 is 0. The Kier molecular flexibility index (Phi) is 5.82. The van der Waals surface area contributed by atoms with Crippen LogP contribution in [-0.4, -0.2) is 25.2 Å². The van der Waals surface area contributed by atoms with Crippen LogP contribution >= 0.6 is 0 Å². The summed E-state index contributed by atoms with van der Waals surface area (Å²) in [5, 5.41) is 0.